The number of nitrogen functional groups attached to an aromatic ring is 1. The van der Waals surface area contributed by atoms with Gasteiger partial charge in [-0.3, -0.25) is 10.2 Å². The number of halogens is 3. The molecule has 1 aromatic carbocycles. The monoisotopic (exact) mass is 246 g/mol. The van der Waals surface area contributed by atoms with E-state index < -0.39 is 23.5 Å². The maximum absolute atomic E-state index is 12.4. The molecule has 92 valence electrons. The highest BCUT2D eigenvalue weighted by atomic mass is 19.4. The van der Waals surface area contributed by atoms with E-state index in [0.717, 1.165) is 19.1 Å². The normalized spacial score (nSPS) is 11.1. The van der Waals surface area contributed by atoms with Crippen LogP contribution >= 0.6 is 0 Å². The van der Waals surface area contributed by atoms with Gasteiger partial charge in [-0.25, -0.2) is 0 Å². The number of hydrogen-bond acceptors (Lipinski definition) is 3. The molecule has 0 amide bonds. The first-order valence-electron chi connectivity index (χ1n) is 4.46. The molecular weight excluding hydrogens is 237 g/mol. The summed E-state index contributed by atoms with van der Waals surface area (Å²) in [5.74, 6) is -1.64. The van der Waals surface area contributed by atoms with Crippen LogP contribution in [0.5, 0.6) is 5.75 Å². The molecule has 0 fully saturated rings. The van der Waals surface area contributed by atoms with E-state index in [9.17, 15) is 18.0 Å². The van der Waals surface area contributed by atoms with Crippen LogP contribution in [0.2, 0.25) is 0 Å². The van der Waals surface area contributed by atoms with Crippen molar-refractivity contribution in [1.82, 2.24) is 0 Å². The van der Waals surface area contributed by atoms with Crippen LogP contribution in [-0.4, -0.2) is 11.8 Å². The highest BCUT2D eigenvalue weighted by Gasteiger charge is 2.31. The van der Waals surface area contributed by atoms with Crippen LogP contribution in [0, 0.1) is 5.41 Å². The van der Waals surface area contributed by atoms with Gasteiger partial charge in [0.2, 0.25) is 0 Å². The Morgan fingerprint density at radius 3 is 2.41 bits per heavy atom. The first-order chi connectivity index (χ1) is 7.71. The summed E-state index contributed by atoms with van der Waals surface area (Å²) in [7, 11) is 0. The molecule has 1 rings (SSSR count). The van der Waals surface area contributed by atoms with Crippen LogP contribution in [0.3, 0.4) is 0 Å². The van der Waals surface area contributed by atoms with Crippen molar-refractivity contribution >= 4 is 11.8 Å². The van der Waals surface area contributed by atoms with Crippen LogP contribution < -0.4 is 10.5 Å². The molecule has 0 unspecified atom stereocenters. The number of nitrogens with one attached hydrogen (secondary N) is 1. The topological polar surface area (TPSA) is 76.2 Å². The minimum Gasteiger partial charge on any atom is -0.426 e. The van der Waals surface area contributed by atoms with Gasteiger partial charge < -0.3 is 10.5 Å². The van der Waals surface area contributed by atoms with Crippen molar-refractivity contribution in [3.05, 3.63) is 29.3 Å². The van der Waals surface area contributed by atoms with Crippen molar-refractivity contribution in [2.24, 2.45) is 5.73 Å². The summed E-state index contributed by atoms with van der Waals surface area (Å²) in [5, 5.41) is 7.15. The zero-order valence-electron chi connectivity index (χ0n) is 8.76. The molecule has 7 heteroatoms. The highest BCUT2D eigenvalue weighted by Crippen LogP contribution is 2.33. The van der Waals surface area contributed by atoms with Gasteiger partial charge in [0.1, 0.15) is 11.6 Å². The molecule has 0 spiro atoms. The van der Waals surface area contributed by atoms with E-state index in [2.05, 4.69) is 4.74 Å². The Morgan fingerprint density at radius 1 is 1.41 bits per heavy atom. The Bertz CT molecular complexity index is 469. The van der Waals surface area contributed by atoms with Crippen LogP contribution in [0.15, 0.2) is 18.2 Å². The molecule has 4 nitrogen and oxygen atoms in total. The number of esters is 1. The van der Waals surface area contributed by atoms with Crippen LogP contribution in [0.1, 0.15) is 18.1 Å². The van der Waals surface area contributed by atoms with Gasteiger partial charge in [-0.05, 0) is 18.2 Å². The average molecular weight is 246 g/mol. The van der Waals surface area contributed by atoms with Crippen LogP contribution in [0.4, 0.5) is 13.2 Å². The van der Waals surface area contributed by atoms with Gasteiger partial charge in [0.15, 0.2) is 0 Å². The van der Waals surface area contributed by atoms with Crippen LogP contribution in [0.25, 0.3) is 0 Å². The predicted molar refractivity (Wildman–Crippen MR) is 53.8 cm³/mol. The lowest BCUT2D eigenvalue weighted by atomic mass is 10.1. The summed E-state index contributed by atoms with van der Waals surface area (Å²) in [6, 6.07) is 2.39. The molecule has 0 aromatic heterocycles. The van der Waals surface area contributed by atoms with E-state index in [1.807, 2.05) is 0 Å². The van der Waals surface area contributed by atoms with Gasteiger partial charge in [-0.2, -0.15) is 13.2 Å². The predicted octanol–water partition coefficient (Wildman–Crippen LogP) is 1.91. The van der Waals surface area contributed by atoms with Gasteiger partial charge in [0.25, 0.3) is 0 Å². The molecule has 3 N–H and O–H groups in total. The Balaban J connectivity index is 3.29. The van der Waals surface area contributed by atoms with E-state index in [-0.39, 0.29) is 11.3 Å². The zero-order chi connectivity index (χ0) is 13.2. The minimum atomic E-state index is -4.55. The lowest BCUT2D eigenvalue weighted by Gasteiger charge is -2.11. The Hall–Kier alpha value is -2.05. The molecule has 0 saturated carbocycles. The van der Waals surface area contributed by atoms with Crippen molar-refractivity contribution in [2.75, 3.05) is 0 Å². The Morgan fingerprint density at radius 2 is 2.00 bits per heavy atom. The molecule has 17 heavy (non-hydrogen) atoms. The summed E-state index contributed by atoms with van der Waals surface area (Å²) in [6.07, 6.45) is -4.55. The summed E-state index contributed by atoms with van der Waals surface area (Å²) in [4.78, 5) is 10.7. The molecule has 0 aliphatic heterocycles. The van der Waals surface area contributed by atoms with E-state index in [4.69, 9.17) is 11.1 Å². The molecule has 0 saturated heterocycles. The smallest absolute Gasteiger partial charge is 0.416 e. The SMILES string of the molecule is CC(=O)Oc1cc(C(F)(F)F)ccc1C(=N)N. The molecule has 0 aliphatic carbocycles. The van der Waals surface area contributed by atoms with Gasteiger partial charge in [0.05, 0.1) is 11.1 Å². The number of carbonyl (C=O) groups excluding carboxylic acids is 1. The van der Waals surface area contributed by atoms with E-state index in [1.165, 1.54) is 0 Å². The molecule has 0 heterocycles. The van der Waals surface area contributed by atoms with Crippen molar-refractivity contribution in [1.29, 1.82) is 5.41 Å². The maximum Gasteiger partial charge on any atom is 0.416 e. The third-order valence-electron chi connectivity index (χ3n) is 1.85. The number of rotatable bonds is 2. The number of nitrogens with two attached hydrogens (primary N) is 1. The molecule has 0 bridgehead atoms. The number of benzene rings is 1. The quantitative estimate of drug-likeness (QED) is 0.362. The number of ether oxygens (including phenoxy) is 1. The fraction of sp³-hybridized carbons (Fsp3) is 0.200. The van der Waals surface area contributed by atoms with E-state index >= 15 is 0 Å². The summed E-state index contributed by atoms with van der Waals surface area (Å²) in [6.45, 7) is 1.05. The van der Waals surface area contributed by atoms with Gasteiger partial charge in [-0.15, -0.1) is 0 Å². The van der Waals surface area contributed by atoms with Gasteiger partial charge in [0, 0.05) is 6.92 Å². The third kappa shape index (κ3) is 3.20. The number of hydrogen-bond donors (Lipinski definition) is 2. The summed E-state index contributed by atoms with van der Waals surface area (Å²) < 4.78 is 41.8. The first kappa shape index (κ1) is 13.0. The lowest BCUT2D eigenvalue weighted by molar-refractivity contribution is -0.138. The van der Waals surface area contributed by atoms with Crippen LogP contribution in [-0.2, 0) is 11.0 Å². The number of amidine groups is 1. The second-order valence-electron chi connectivity index (χ2n) is 3.22. The summed E-state index contributed by atoms with van der Waals surface area (Å²) in [5.41, 5.74) is 4.12. The fourth-order valence-electron chi connectivity index (χ4n) is 1.16. The van der Waals surface area contributed by atoms with E-state index in [0.29, 0.717) is 6.07 Å². The molecule has 0 atom stereocenters. The number of alkyl halides is 3. The Kier molecular flexibility index (Phi) is 3.40. The largest absolute Gasteiger partial charge is 0.426 e. The van der Waals surface area contributed by atoms with Crippen molar-refractivity contribution < 1.29 is 22.7 Å². The average Bonchev–Trinajstić information content (AvgIpc) is 2.14. The zero-order valence-corrected chi connectivity index (χ0v) is 8.76. The highest BCUT2D eigenvalue weighted by molar-refractivity contribution is 5.98. The first-order valence-corrected chi connectivity index (χ1v) is 4.46. The molecular formula is C10H9F3N2O2. The standard InChI is InChI=1S/C10H9F3N2O2/c1-5(16)17-8-4-6(10(11,12)13)2-3-7(8)9(14)15/h2-4H,1H3,(H3,14,15). The molecule has 1 aromatic rings. The third-order valence-corrected chi connectivity index (χ3v) is 1.85. The van der Waals surface area contributed by atoms with Crippen molar-refractivity contribution in [2.45, 2.75) is 13.1 Å². The minimum absolute atomic E-state index is 0.0619. The van der Waals surface area contributed by atoms with Crippen molar-refractivity contribution in [3.63, 3.8) is 0 Å². The lowest BCUT2D eigenvalue weighted by Crippen LogP contribution is -2.16. The second kappa shape index (κ2) is 4.44. The maximum atomic E-state index is 12.4. The molecule has 0 aliphatic rings. The van der Waals surface area contributed by atoms with Gasteiger partial charge >= 0.3 is 12.1 Å². The Labute approximate surface area is 94.7 Å². The summed E-state index contributed by atoms with van der Waals surface area (Å²) >= 11 is 0. The van der Waals surface area contributed by atoms with E-state index in [1.54, 1.807) is 0 Å². The molecule has 0 radical (unpaired) electrons. The van der Waals surface area contributed by atoms with Crippen molar-refractivity contribution in [3.8, 4) is 5.75 Å². The van der Waals surface area contributed by atoms with Gasteiger partial charge in [-0.1, -0.05) is 0 Å². The number of carbonyl (C=O) groups is 1. The fourth-order valence-corrected chi connectivity index (χ4v) is 1.16. The second-order valence-corrected chi connectivity index (χ2v) is 3.22.